The molecule has 2 aromatic carbocycles. The van der Waals surface area contributed by atoms with E-state index in [1.807, 2.05) is 32.2 Å². The van der Waals surface area contributed by atoms with Crippen LogP contribution in [0.4, 0.5) is 10.1 Å². The first kappa shape index (κ1) is 16.5. The highest BCUT2D eigenvalue weighted by molar-refractivity contribution is 6.31. The van der Waals surface area contributed by atoms with Gasteiger partial charge in [-0.1, -0.05) is 29.8 Å². The third-order valence-corrected chi connectivity index (χ3v) is 3.72. The fourth-order valence-electron chi connectivity index (χ4n) is 2.21. The molecular formula is C17H19ClFN2O+. The van der Waals surface area contributed by atoms with Crippen molar-refractivity contribution in [2.75, 3.05) is 18.9 Å². The second kappa shape index (κ2) is 7.38. The summed E-state index contributed by atoms with van der Waals surface area (Å²) in [5, 5.41) is 3.44. The average Bonchev–Trinajstić information content (AvgIpc) is 2.42. The summed E-state index contributed by atoms with van der Waals surface area (Å²) in [6, 6.07) is 11.8. The number of halogens is 2. The molecule has 5 heteroatoms. The van der Waals surface area contributed by atoms with Gasteiger partial charge in [0.05, 0.1) is 7.05 Å². The summed E-state index contributed by atoms with van der Waals surface area (Å²) >= 11 is 6.03. The minimum absolute atomic E-state index is 0.103. The molecule has 0 bridgehead atoms. The van der Waals surface area contributed by atoms with Crippen LogP contribution in [0.2, 0.25) is 5.02 Å². The fraction of sp³-hybridized carbons (Fsp3) is 0.235. The van der Waals surface area contributed by atoms with Crippen LogP contribution in [0.25, 0.3) is 0 Å². The number of hydrogen-bond acceptors (Lipinski definition) is 1. The lowest BCUT2D eigenvalue weighted by molar-refractivity contribution is -0.885. The molecule has 1 unspecified atom stereocenters. The summed E-state index contributed by atoms with van der Waals surface area (Å²) < 4.78 is 13.1. The molecule has 2 aromatic rings. The molecule has 116 valence electrons. The van der Waals surface area contributed by atoms with Crippen molar-refractivity contribution in [1.82, 2.24) is 0 Å². The average molecular weight is 322 g/mol. The number of likely N-dealkylation sites (N-methyl/N-ethyl adjacent to an activating group) is 1. The van der Waals surface area contributed by atoms with E-state index >= 15 is 0 Å². The maximum atomic E-state index is 13.1. The minimum Gasteiger partial charge on any atom is -0.326 e. The lowest BCUT2D eigenvalue weighted by Crippen LogP contribution is -3.08. The number of anilines is 1. The largest absolute Gasteiger partial charge is 0.326 e. The molecular weight excluding hydrogens is 303 g/mol. The van der Waals surface area contributed by atoms with E-state index in [0.717, 1.165) is 16.0 Å². The lowest BCUT2D eigenvalue weighted by atomic mass is 10.2. The monoisotopic (exact) mass is 321 g/mol. The highest BCUT2D eigenvalue weighted by Crippen LogP contribution is 2.19. The molecule has 3 nitrogen and oxygen atoms in total. The molecule has 22 heavy (non-hydrogen) atoms. The zero-order valence-electron chi connectivity index (χ0n) is 12.6. The van der Waals surface area contributed by atoms with E-state index in [4.69, 9.17) is 11.6 Å². The van der Waals surface area contributed by atoms with Crippen molar-refractivity contribution in [3.63, 3.8) is 0 Å². The Labute approximate surface area is 134 Å². The van der Waals surface area contributed by atoms with E-state index < -0.39 is 0 Å². The second-order valence-electron chi connectivity index (χ2n) is 5.45. The molecule has 2 N–H and O–H groups in total. The van der Waals surface area contributed by atoms with E-state index in [-0.39, 0.29) is 11.7 Å². The summed E-state index contributed by atoms with van der Waals surface area (Å²) in [4.78, 5) is 13.0. The smallest absolute Gasteiger partial charge is 0.279 e. The van der Waals surface area contributed by atoms with Gasteiger partial charge in [0.25, 0.3) is 5.91 Å². The van der Waals surface area contributed by atoms with Gasteiger partial charge in [-0.2, -0.15) is 0 Å². The Kier molecular flexibility index (Phi) is 5.52. The van der Waals surface area contributed by atoms with E-state index in [9.17, 15) is 9.18 Å². The SMILES string of the molecule is Cc1ccc(NC(=O)C[NH+](C)Cc2cccc(F)c2)cc1Cl. The van der Waals surface area contributed by atoms with Gasteiger partial charge < -0.3 is 10.2 Å². The highest BCUT2D eigenvalue weighted by Gasteiger charge is 2.11. The maximum absolute atomic E-state index is 13.1. The summed E-state index contributed by atoms with van der Waals surface area (Å²) in [6.07, 6.45) is 0. The zero-order chi connectivity index (χ0) is 16.1. The Morgan fingerprint density at radius 3 is 2.73 bits per heavy atom. The molecule has 1 atom stereocenters. The normalized spacial score (nSPS) is 12.0. The third-order valence-electron chi connectivity index (χ3n) is 3.31. The van der Waals surface area contributed by atoms with Gasteiger partial charge in [0.2, 0.25) is 0 Å². The molecule has 0 aliphatic rings. The Balaban J connectivity index is 1.89. The first-order valence-corrected chi connectivity index (χ1v) is 7.43. The number of aryl methyl sites for hydroxylation is 1. The molecule has 0 heterocycles. The van der Waals surface area contributed by atoms with Gasteiger partial charge >= 0.3 is 0 Å². The van der Waals surface area contributed by atoms with Gasteiger partial charge in [-0.3, -0.25) is 4.79 Å². The van der Waals surface area contributed by atoms with Crippen molar-refractivity contribution < 1.29 is 14.1 Å². The maximum Gasteiger partial charge on any atom is 0.279 e. The molecule has 0 saturated carbocycles. The minimum atomic E-state index is -0.260. The van der Waals surface area contributed by atoms with Gasteiger partial charge in [-0.25, -0.2) is 4.39 Å². The van der Waals surface area contributed by atoms with Crippen LogP contribution >= 0.6 is 11.6 Å². The number of hydrogen-bond donors (Lipinski definition) is 2. The zero-order valence-corrected chi connectivity index (χ0v) is 13.4. The molecule has 0 spiro atoms. The Hall–Kier alpha value is -1.91. The van der Waals surface area contributed by atoms with Crippen molar-refractivity contribution in [1.29, 1.82) is 0 Å². The molecule has 0 aliphatic carbocycles. The lowest BCUT2D eigenvalue weighted by Gasteiger charge is -2.14. The van der Waals surface area contributed by atoms with Crippen LogP contribution in [0, 0.1) is 12.7 Å². The van der Waals surface area contributed by atoms with Crippen molar-refractivity contribution in [3.8, 4) is 0 Å². The van der Waals surface area contributed by atoms with Gasteiger partial charge in [0.15, 0.2) is 6.54 Å². The Bertz CT molecular complexity index is 675. The predicted octanol–water partition coefficient (Wildman–Crippen LogP) is 2.44. The molecule has 1 amide bonds. The van der Waals surface area contributed by atoms with Crippen molar-refractivity contribution in [2.45, 2.75) is 13.5 Å². The molecule has 0 fully saturated rings. The molecule has 2 rings (SSSR count). The van der Waals surface area contributed by atoms with Crippen LogP contribution < -0.4 is 10.2 Å². The number of quaternary nitrogens is 1. The summed E-state index contributed by atoms with van der Waals surface area (Å²) in [5.74, 6) is -0.363. The van der Waals surface area contributed by atoms with Crippen LogP contribution in [-0.2, 0) is 11.3 Å². The summed E-state index contributed by atoms with van der Waals surface area (Å²) in [5.41, 5.74) is 2.51. The van der Waals surface area contributed by atoms with E-state index in [1.165, 1.54) is 12.1 Å². The van der Waals surface area contributed by atoms with Gasteiger partial charge in [-0.05, 0) is 36.8 Å². The Morgan fingerprint density at radius 2 is 2.05 bits per heavy atom. The van der Waals surface area contributed by atoms with Crippen molar-refractivity contribution >= 4 is 23.2 Å². The van der Waals surface area contributed by atoms with E-state index in [0.29, 0.717) is 23.8 Å². The van der Waals surface area contributed by atoms with Crippen molar-refractivity contribution in [3.05, 3.63) is 64.4 Å². The number of benzene rings is 2. The molecule has 0 aromatic heterocycles. The van der Waals surface area contributed by atoms with Crippen LogP contribution in [0.5, 0.6) is 0 Å². The van der Waals surface area contributed by atoms with Crippen molar-refractivity contribution in [2.24, 2.45) is 0 Å². The van der Waals surface area contributed by atoms with Crippen LogP contribution in [0.15, 0.2) is 42.5 Å². The van der Waals surface area contributed by atoms with Gasteiger partial charge in [-0.15, -0.1) is 0 Å². The van der Waals surface area contributed by atoms with Crippen LogP contribution in [-0.4, -0.2) is 19.5 Å². The van der Waals surface area contributed by atoms with E-state index in [2.05, 4.69) is 5.32 Å². The number of nitrogens with one attached hydrogen (secondary N) is 2. The van der Waals surface area contributed by atoms with Crippen LogP contribution in [0.3, 0.4) is 0 Å². The Morgan fingerprint density at radius 1 is 1.27 bits per heavy atom. The second-order valence-corrected chi connectivity index (χ2v) is 5.86. The highest BCUT2D eigenvalue weighted by atomic mass is 35.5. The molecule has 0 radical (unpaired) electrons. The number of rotatable bonds is 5. The number of amides is 1. The van der Waals surface area contributed by atoms with Crippen LogP contribution in [0.1, 0.15) is 11.1 Å². The number of carbonyl (C=O) groups excluding carboxylic acids is 1. The standard InChI is InChI=1S/C17H18ClFN2O/c1-12-6-7-15(9-16(12)18)20-17(22)11-21(2)10-13-4-3-5-14(19)8-13/h3-9H,10-11H2,1-2H3,(H,20,22)/p+1. The first-order chi connectivity index (χ1) is 10.4. The third kappa shape index (κ3) is 4.83. The topological polar surface area (TPSA) is 33.5 Å². The molecule has 0 saturated heterocycles. The first-order valence-electron chi connectivity index (χ1n) is 7.06. The van der Waals surface area contributed by atoms with E-state index in [1.54, 1.807) is 12.1 Å². The van der Waals surface area contributed by atoms with Gasteiger partial charge in [0.1, 0.15) is 12.4 Å². The van der Waals surface area contributed by atoms with Gasteiger partial charge in [0, 0.05) is 16.3 Å². The summed E-state index contributed by atoms with van der Waals surface area (Å²) in [7, 11) is 1.90. The summed E-state index contributed by atoms with van der Waals surface area (Å²) in [6.45, 7) is 2.78. The quantitative estimate of drug-likeness (QED) is 0.871. The predicted molar refractivity (Wildman–Crippen MR) is 86.7 cm³/mol. The number of carbonyl (C=O) groups is 1. The molecule has 0 aliphatic heterocycles. The fourth-order valence-corrected chi connectivity index (χ4v) is 2.39.